The molecule has 2 unspecified atom stereocenters. The summed E-state index contributed by atoms with van der Waals surface area (Å²) in [5.74, 6) is -0.245. The van der Waals surface area contributed by atoms with Gasteiger partial charge >= 0.3 is 0 Å². The van der Waals surface area contributed by atoms with Crippen molar-refractivity contribution in [2.45, 2.75) is 51.4 Å². The van der Waals surface area contributed by atoms with Crippen LogP contribution in [0.15, 0.2) is 0 Å². The van der Waals surface area contributed by atoms with E-state index in [2.05, 4.69) is 19.2 Å². The van der Waals surface area contributed by atoms with Gasteiger partial charge in [0.2, 0.25) is 5.91 Å². The predicted octanol–water partition coefficient (Wildman–Crippen LogP) is 0.407. The van der Waals surface area contributed by atoms with E-state index in [1.165, 1.54) is 0 Å². The smallest absolute Gasteiger partial charge is 0.218 e. The molecule has 0 spiro atoms. The molecule has 1 saturated heterocycles. The molecular weight excluding hydrogens is 180 g/mol. The number of hydrogen-bond acceptors (Lipinski definition) is 3. The zero-order valence-electron chi connectivity index (χ0n) is 8.95. The van der Waals surface area contributed by atoms with Crippen molar-refractivity contribution in [2.24, 2.45) is 5.73 Å². The number of amides is 1. The minimum absolute atomic E-state index is 0.245. The Kier molecular flexibility index (Phi) is 4.35. The standard InChI is InChI=1S/C10H20N2O2/c1-7-5-9(6-8(2)14-7)12-4-3-10(11)13/h7-9,12H,3-6H2,1-2H3,(H2,11,13). The molecule has 0 aromatic rings. The van der Waals surface area contributed by atoms with Crippen LogP contribution in [-0.2, 0) is 9.53 Å². The van der Waals surface area contributed by atoms with E-state index in [0.29, 0.717) is 31.2 Å². The highest BCUT2D eigenvalue weighted by molar-refractivity contribution is 5.73. The fraction of sp³-hybridized carbons (Fsp3) is 0.900. The molecule has 1 aliphatic rings. The zero-order chi connectivity index (χ0) is 10.6. The highest BCUT2D eigenvalue weighted by atomic mass is 16.5. The average molecular weight is 200 g/mol. The first kappa shape index (κ1) is 11.5. The van der Waals surface area contributed by atoms with Crippen molar-refractivity contribution in [1.82, 2.24) is 5.32 Å². The summed E-state index contributed by atoms with van der Waals surface area (Å²) in [5.41, 5.74) is 5.06. The molecule has 0 aromatic carbocycles. The Bertz CT molecular complexity index is 187. The Hall–Kier alpha value is -0.610. The summed E-state index contributed by atoms with van der Waals surface area (Å²) in [7, 11) is 0. The number of carbonyl (C=O) groups is 1. The molecule has 14 heavy (non-hydrogen) atoms. The van der Waals surface area contributed by atoms with Gasteiger partial charge in [-0.05, 0) is 26.7 Å². The molecule has 1 fully saturated rings. The van der Waals surface area contributed by atoms with Crippen LogP contribution in [0.5, 0.6) is 0 Å². The molecule has 82 valence electrons. The van der Waals surface area contributed by atoms with E-state index < -0.39 is 0 Å². The summed E-state index contributed by atoms with van der Waals surface area (Å²) in [6, 6.07) is 0.466. The molecule has 0 saturated carbocycles. The van der Waals surface area contributed by atoms with Gasteiger partial charge in [0.15, 0.2) is 0 Å². The van der Waals surface area contributed by atoms with Crippen LogP contribution in [-0.4, -0.2) is 30.7 Å². The van der Waals surface area contributed by atoms with Gasteiger partial charge in [0, 0.05) is 19.0 Å². The van der Waals surface area contributed by atoms with Crippen molar-refractivity contribution < 1.29 is 9.53 Å². The van der Waals surface area contributed by atoms with Crippen molar-refractivity contribution >= 4 is 5.91 Å². The van der Waals surface area contributed by atoms with Gasteiger partial charge in [0.25, 0.3) is 0 Å². The molecule has 1 amide bonds. The molecule has 2 atom stereocenters. The lowest BCUT2D eigenvalue weighted by Crippen LogP contribution is -2.42. The SMILES string of the molecule is CC1CC(NCCC(N)=O)CC(C)O1. The lowest BCUT2D eigenvalue weighted by molar-refractivity contribution is -0.118. The second kappa shape index (κ2) is 5.32. The Morgan fingerprint density at radius 3 is 2.50 bits per heavy atom. The number of nitrogens with two attached hydrogens (primary N) is 1. The van der Waals surface area contributed by atoms with E-state index >= 15 is 0 Å². The summed E-state index contributed by atoms with van der Waals surface area (Å²) in [5, 5.41) is 3.33. The third kappa shape index (κ3) is 4.07. The Morgan fingerprint density at radius 1 is 1.43 bits per heavy atom. The maximum atomic E-state index is 10.5. The van der Waals surface area contributed by atoms with Gasteiger partial charge in [0.05, 0.1) is 12.2 Å². The van der Waals surface area contributed by atoms with E-state index in [-0.39, 0.29) is 5.91 Å². The van der Waals surface area contributed by atoms with E-state index in [4.69, 9.17) is 10.5 Å². The fourth-order valence-corrected chi connectivity index (χ4v) is 1.97. The van der Waals surface area contributed by atoms with Crippen LogP contribution in [0.2, 0.25) is 0 Å². The van der Waals surface area contributed by atoms with Gasteiger partial charge in [-0.15, -0.1) is 0 Å². The average Bonchev–Trinajstić information content (AvgIpc) is 2.01. The van der Waals surface area contributed by atoms with Crippen LogP contribution in [0.4, 0.5) is 0 Å². The predicted molar refractivity (Wildman–Crippen MR) is 54.8 cm³/mol. The molecule has 4 nitrogen and oxygen atoms in total. The minimum atomic E-state index is -0.245. The Labute approximate surface area is 85.2 Å². The van der Waals surface area contributed by atoms with Gasteiger partial charge in [-0.3, -0.25) is 4.79 Å². The molecule has 0 bridgehead atoms. The highest BCUT2D eigenvalue weighted by Crippen LogP contribution is 2.18. The lowest BCUT2D eigenvalue weighted by atomic mass is 10.00. The molecule has 3 N–H and O–H groups in total. The normalized spacial score (nSPS) is 32.9. The maximum Gasteiger partial charge on any atom is 0.218 e. The molecule has 0 aliphatic carbocycles. The van der Waals surface area contributed by atoms with Gasteiger partial charge < -0.3 is 15.8 Å². The van der Waals surface area contributed by atoms with Crippen LogP contribution in [0.3, 0.4) is 0 Å². The van der Waals surface area contributed by atoms with E-state index in [9.17, 15) is 4.79 Å². The van der Waals surface area contributed by atoms with Gasteiger partial charge in [0.1, 0.15) is 0 Å². The molecule has 4 heteroatoms. The first-order valence-electron chi connectivity index (χ1n) is 5.25. The number of ether oxygens (including phenoxy) is 1. The summed E-state index contributed by atoms with van der Waals surface area (Å²) < 4.78 is 5.61. The first-order chi connectivity index (χ1) is 6.58. The maximum absolute atomic E-state index is 10.5. The molecule has 1 aliphatic heterocycles. The van der Waals surface area contributed by atoms with Crippen molar-refractivity contribution in [3.63, 3.8) is 0 Å². The summed E-state index contributed by atoms with van der Waals surface area (Å²) >= 11 is 0. The Balaban J connectivity index is 2.20. The number of rotatable bonds is 4. The largest absolute Gasteiger partial charge is 0.375 e. The third-order valence-electron chi connectivity index (χ3n) is 2.50. The van der Waals surface area contributed by atoms with Crippen LogP contribution in [0.25, 0.3) is 0 Å². The van der Waals surface area contributed by atoms with Crippen LogP contribution >= 0.6 is 0 Å². The molecular formula is C10H20N2O2. The molecule has 1 rings (SSSR count). The van der Waals surface area contributed by atoms with Crippen molar-refractivity contribution in [2.75, 3.05) is 6.54 Å². The monoisotopic (exact) mass is 200 g/mol. The highest BCUT2D eigenvalue weighted by Gasteiger charge is 2.23. The van der Waals surface area contributed by atoms with Crippen LogP contribution in [0, 0.1) is 0 Å². The van der Waals surface area contributed by atoms with Crippen molar-refractivity contribution in [3.05, 3.63) is 0 Å². The lowest BCUT2D eigenvalue weighted by Gasteiger charge is -2.32. The second-order valence-electron chi connectivity index (χ2n) is 4.10. The summed E-state index contributed by atoms with van der Waals surface area (Å²) in [4.78, 5) is 10.5. The van der Waals surface area contributed by atoms with Crippen LogP contribution < -0.4 is 11.1 Å². The fourth-order valence-electron chi connectivity index (χ4n) is 1.97. The number of hydrogen-bond donors (Lipinski definition) is 2. The van der Waals surface area contributed by atoms with E-state index in [0.717, 1.165) is 12.8 Å². The zero-order valence-corrected chi connectivity index (χ0v) is 8.95. The molecule has 0 aromatic heterocycles. The molecule has 0 radical (unpaired) electrons. The van der Waals surface area contributed by atoms with Crippen molar-refractivity contribution in [1.29, 1.82) is 0 Å². The van der Waals surface area contributed by atoms with Gasteiger partial charge in [-0.1, -0.05) is 0 Å². The first-order valence-corrected chi connectivity index (χ1v) is 5.25. The van der Waals surface area contributed by atoms with Gasteiger partial charge in [-0.2, -0.15) is 0 Å². The summed E-state index contributed by atoms with van der Waals surface area (Å²) in [6.45, 7) is 4.84. The number of nitrogens with one attached hydrogen (secondary N) is 1. The second-order valence-corrected chi connectivity index (χ2v) is 4.10. The summed E-state index contributed by atoms with van der Waals surface area (Å²) in [6.07, 6.45) is 3.07. The van der Waals surface area contributed by atoms with E-state index in [1.54, 1.807) is 0 Å². The van der Waals surface area contributed by atoms with Crippen LogP contribution in [0.1, 0.15) is 33.1 Å². The third-order valence-corrected chi connectivity index (χ3v) is 2.50. The topological polar surface area (TPSA) is 64.3 Å². The number of carbonyl (C=O) groups excluding carboxylic acids is 1. The van der Waals surface area contributed by atoms with E-state index in [1.807, 2.05) is 0 Å². The van der Waals surface area contributed by atoms with Gasteiger partial charge in [-0.25, -0.2) is 0 Å². The Morgan fingerprint density at radius 2 is 2.00 bits per heavy atom. The molecule has 1 heterocycles. The quantitative estimate of drug-likeness (QED) is 0.690. The van der Waals surface area contributed by atoms with Crippen molar-refractivity contribution in [3.8, 4) is 0 Å². The minimum Gasteiger partial charge on any atom is -0.375 e. The number of primary amides is 1.